The van der Waals surface area contributed by atoms with Crippen LogP contribution in [-0.2, 0) is 0 Å². The van der Waals surface area contributed by atoms with Crippen molar-refractivity contribution in [3.8, 4) is 0 Å². The Hall–Kier alpha value is -2.89. The van der Waals surface area contributed by atoms with Gasteiger partial charge in [-0.05, 0) is 55.3 Å². The Kier molecular flexibility index (Phi) is 3.06. The number of rotatable bonds is 3. The standard InChI is InChI=1S/C15H14N4O2/c1-9-5-13-16-8-17-19(13)14(6-9)18-11-3-4-12(15(20)21)10(2)7-11/h3-8,18H,1-2H3,(H,20,21). The van der Waals surface area contributed by atoms with Gasteiger partial charge >= 0.3 is 5.97 Å². The van der Waals surface area contributed by atoms with Crippen LogP contribution in [0.4, 0.5) is 11.5 Å². The molecule has 3 aromatic rings. The first-order valence-corrected chi connectivity index (χ1v) is 6.46. The third-order valence-electron chi connectivity index (χ3n) is 3.25. The van der Waals surface area contributed by atoms with Gasteiger partial charge in [0.2, 0.25) is 0 Å². The minimum Gasteiger partial charge on any atom is -0.478 e. The first-order chi connectivity index (χ1) is 10.0. The fraction of sp³-hybridized carbons (Fsp3) is 0.133. The summed E-state index contributed by atoms with van der Waals surface area (Å²) in [5, 5.41) is 16.5. The molecule has 0 amide bonds. The van der Waals surface area contributed by atoms with E-state index in [0.717, 1.165) is 22.7 Å². The zero-order valence-electron chi connectivity index (χ0n) is 11.7. The number of fused-ring (bicyclic) bond motifs is 1. The minimum atomic E-state index is -0.923. The number of aryl methyl sites for hydroxylation is 2. The van der Waals surface area contributed by atoms with E-state index in [0.29, 0.717) is 11.1 Å². The van der Waals surface area contributed by atoms with Crippen LogP contribution < -0.4 is 5.32 Å². The van der Waals surface area contributed by atoms with Crippen molar-refractivity contribution in [2.75, 3.05) is 5.32 Å². The average Bonchev–Trinajstić information content (AvgIpc) is 2.86. The van der Waals surface area contributed by atoms with Gasteiger partial charge in [0.05, 0.1) is 5.56 Å². The molecule has 0 radical (unpaired) electrons. The van der Waals surface area contributed by atoms with Crippen LogP contribution in [0.1, 0.15) is 21.5 Å². The van der Waals surface area contributed by atoms with Crippen LogP contribution in [-0.4, -0.2) is 25.7 Å². The lowest BCUT2D eigenvalue weighted by Gasteiger charge is -2.10. The molecule has 2 aromatic heterocycles. The number of nitrogens with one attached hydrogen (secondary N) is 1. The quantitative estimate of drug-likeness (QED) is 0.772. The highest BCUT2D eigenvalue weighted by atomic mass is 16.4. The number of hydrogen-bond donors (Lipinski definition) is 2. The van der Waals surface area contributed by atoms with Gasteiger partial charge in [0.25, 0.3) is 0 Å². The molecule has 0 aliphatic rings. The molecule has 0 spiro atoms. The topological polar surface area (TPSA) is 79.5 Å². The molecule has 2 heterocycles. The Bertz CT molecular complexity index is 839. The van der Waals surface area contributed by atoms with E-state index < -0.39 is 5.97 Å². The van der Waals surface area contributed by atoms with Gasteiger partial charge < -0.3 is 10.4 Å². The maximum atomic E-state index is 11.0. The van der Waals surface area contributed by atoms with Crippen LogP contribution in [0.15, 0.2) is 36.7 Å². The van der Waals surface area contributed by atoms with E-state index in [-0.39, 0.29) is 0 Å². The van der Waals surface area contributed by atoms with Gasteiger partial charge in [-0.3, -0.25) is 0 Å². The first kappa shape index (κ1) is 13.1. The third kappa shape index (κ3) is 2.43. The number of benzene rings is 1. The molecule has 0 saturated carbocycles. The number of pyridine rings is 1. The predicted molar refractivity (Wildman–Crippen MR) is 79.1 cm³/mol. The second-order valence-electron chi connectivity index (χ2n) is 4.91. The number of carboxylic acid groups (broad SMARTS) is 1. The van der Waals surface area contributed by atoms with Crippen molar-refractivity contribution in [3.05, 3.63) is 53.3 Å². The van der Waals surface area contributed by atoms with Gasteiger partial charge in [-0.15, -0.1) is 0 Å². The van der Waals surface area contributed by atoms with Gasteiger partial charge in [0, 0.05) is 5.69 Å². The summed E-state index contributed by atoms with van der Waals surface area (Å²) in [7, 11) is 0. The minimum absolute atomic E-state index is 0.302. The molecule has 6 nitrogen and oxygen atoms in total. The second-order valence-corrected chi connectivity index (χ2v) is 4.91. The van der Waals surface area contributed by atoms with Crippen molar-refractivity contribution in [1.29, 1.82) is 0 Å². The second kappa shape index (κ2) is 4.90. The van der Waals surface area contributed by atoms with Crippen LogP contribution in [0, 0.1) is 13.8 Å². The van der Waals surface area contributed by atoms with E-state index >= 15 is 0 Å². The Morgan fingerprint density at radius 2 is 2.05 bits per heavy atom. The molecule has 0 unspecified atom stereocenters. The molecule has 0 aliphatic heterocycles. The molecule has 6 heteroatoms. The SMILES string of the molecule is Cc1cc(Nc2ccc(C(=O)O)c(C)c2)n2ncnc2c1. The highest BCUT2D eigenvalue weighted by Gasteiger charge is 2.09. The number of aromatic carboxylic acids is 1. The Morgan fingerprint density at radius 1 is 1.24 bits per heavy atom. The summed E-state index contributed by atoms with van der Waals surface area (Å²) in [5.74, 6) is -0.141. The number of carboxylic acids is 1. The number of hydrogen-bond acceptors (Lipinski definition) is 4. The van der Waals surface area contributed by atoms with Crippen LogP contribution in [0.5, 0.6) is 0 Å². The Balaban J connectivity index is 2.00. The number of anilines is 2. The van der Waals surface area contributed by atoms with Crippen LogP contribution in [0.25, 0.3) is 5.65 Å². The van der Waals surface area contributed by atoms with Gasteiger partial charge in [-0.25, -0.2) is 9.78 Å². The maximum absolute atomic E-state index is 11.0. The summed E-state index contributed by atoms with van der Waals surface area (Å²) >= 11 is 0. The largest absolute Gasteiger partial charge is 0.478 e. The van der Waals surface area contributed by atoms with Crippen molar-refractivity contribution in [2.24, 2.45) is 0 Å². The van der Waals surface area contributed by atoms with Gasteiger partial charge in [-0.1, -0.05) is 0 Å². The Morgan fingerprint density at radius 3 is 2.76 bits per heavy atom. The molecule has 0 fully saturated rings. The van der Waals surface area contributed by atoms with Crippen LogP contribution >= 0.6 is 0 Å². The lowest BCUT2D eigenvalue weighted by molar-refractivity contribution is 0.0696. The van der Waals surface area contributed by atoms with Crippen molar-refractivity contribution < 1.29 is 9.90 Å². The van der Waals surface area contributed by atoms with Crippen molar-refractivity contribution in [3.63, 3.8) is 0 Å². The number of nitrogens with zero attached hydrogens (tertiary/aromatic N) is 3. The lowest BCUT2D eigenvalue weighted by atomic mass is 10.1. The molecule has 0 saturated heterocycles. The van der Waals surface area contributed by atoms with Gasteiger partial charge in [0.1, 0.15) is 12.1 Å². The Labute approximate surface area is 121 Å². The average molecular weight is 282 g/mol. The van der Waals surface area contributed by atoms with E-state index in [2.05, 4.69) is 15.4 Å². The zero-order chi connectivity index (χ0) is 15.0. The van der Waals surface area contributed by atoms with E-state index in [1.54, 1.807) is 29.6 Å². The summed E-state index contributed by atoms with van der Waals surface area (Å²) < 4.78 is 1.70. The molecule has 21 heavy (non-hydrogen) atoms. The summed E-state index contributed by atoms with van der Waals surface area (Å²) in [6.07, 6.45) is 1.50. The first-order valence-electron chi connectivity index (χ1n) is 6.46. The molecule has 0 aliphatic carbocycles. The van der Waals surface area contributed by atoms with Crippen molar-refractivity contribution in [2.45, 2.75) is 13.8 Å². The molecule has 106 valence electrons. The molecular weight excluding hydrogens is 268 g/mol. The highest BCUT2D eigenvalue weighted by Crippen LogP contribution is 2.21. The molecular formula is C15H14N4O2. The maximum Gasteiger partial charge on any atom is 0.335 e. The number of carbonyl (C=O) groups is 1. The normalized spacial score (nSPS) is 10.8. The number of aromatic nitrogens is 3. The van der Waals surface area contributed by atoms with Crippen molar-refractivity contribution >= 4 is 23.1 Å². The molecule has 0 bridgehead atoms. The third-order valence-corrected chi connectivity index (χ3v) is 3.25. The predicted octanol–water partition coefficient (Wildman–Crippen LogP) is 2.79. The van der Waals surface area contributed by atoms with Crippen LogP contribution in [0.3, 0.4) is 0 Å². The highest BCUT2D eigenvalue weighted by molar-refractivity contribution is 5.90. The summed E-state index contributed by atoms with van der Waals surface area (Å²) in [4.78, 5) is 15.2. The lowest BCUT2D eigenvalue weighted by Crippen LogP contribution is -2.03. The van der Waals surface area contributed by atoms with E-state index in [1.165, 1.54) is 6.33 Å². The fourth-order valence-corrected chi connectivity index (χ4v) is 2.27. The van der Waals surface area contributed by atoms with E-state index in [1.807, 2.05) is 19.1 Å². The van der Waals surface area contributed by atoms with E-state index in [9.17, 15) is 4.79 Å². The van der Waals surface area contributed by atoms with E-state index in [4.69, 9.17) is 5.11 Å². The monoisotopic (exact) mass is 282 g/mol. The molecule has 2 N–H and O–H groups in total. The molecule has 1 aromatic carbocycles. The molecule has 0 atom stereocenters. The van der Waals surface area contributed by atoms with Gasteiger partial charge in [-0.2, -0.15) is 9.61 Å². The zero-order valence-corrected chi connectivity index (χ0v) is 11.7. The van der Waals surface area contributed by atoms with Crippen LogP contribution in [0.2, 0.25) is 0 Å². The summed E-state index contributed by atoms with van der Waals surface area (Å²) in [5.41, 5.74) is 3.64. The fourth-order valence-electron chi connectivity index (χ4n) is 2.27. The van der Waals surface area contributed by atoms with Crippen molar-refractivity contribution in [1.82, 2.24) is 14.6 Å². The summed E-state index contributed by atoms with van der Waals surface area (Å²) in [6.45, 7) is 3.76. The summed E-state index contributed by atoms with van der Waals surface area (Å²) in [6, 6.07) is 9.03. The molecule has 3 rings (SSSR count). The smallest absolute Gasteiger partial charge is 0.335 e. The van der Waals surface area contributed by atoms with Gasteiger partial charge in [0.15, 0.2) is 5.65 Å².